The Kier molecular flexibility index (Phi) is 5.57. The highest BCUT2D eigenvalue weighted by molar-refractivity contribution is 6.02. The minimum absolute atomic E-state index is 0.261. The van der Waals surface area contributed by atoms with E-state index in [4.69, 9.17) is 5.73 Å². The quantitative estimate of drug-likeness (QED) is 0.414. The molecule has 0 bridgehead atoms. The highest BCUT2D eigenvalue weighted by Crippen LogP contribution is 2.33. The van der Waals surface area contributed by atoms with E-state index in [9.17, 15) is 18.0 Å². The number of hydrogen-bond acceptors (Lipinski definition) is 3. The van der Waals surface area contributed by atoms with Crippen LogP contribution in [0.15, 0.2) is 78.9 Å². The van der Waals surface area contributed by atoms with E-state index in [0.29, 0.717) is 22.6 Å². The molecule has 0 saturated carbocycles. The summed E-state index contributed by atoms with van der Waals surface area (Å²) in [4.78, 5) is 17.0. The zero-order valence-electron chi connectivity index (χ0n) is 17.1. The number of nitrogen functional groups attached to an aromatic ring is 1. The summed E-state index contributed by atoms with van der Waals surface area (Å²) in [5.74, 6) is 0.119. The van der Waals surface area contributed by atoms with Gasteiger partial charge in [-0.25, -0.2) is 4.98 Å². The second-order valence-electron chi connectivity index (χ2n) is 7.50. The van der Waals surface area contributed by atoms with Crippen molar-refractivity contribution < 1.29 is 18.0 Å². The van der Waals surface area contributed by atoms with Gasteiger partial charge in [0.05, 0.1) is 17.3 Å². The number of nitrogens with two attached hydrogens (primary N) is 1. The summed E-state index contributed by atoms with van der Waals surface area (Å²) in [5.41, 5.74) is 7.61. The first-order valence-corrected chi connectivity index (χ1v) is 9.96. The van der Waals surface area contributed by atoms with Gasteiger partial charge < -0.3 is 11.1 Å². The largest absolute Gasteiger partial charge is 0.416 e. The molecule has 4 rings (SSSR count). The van der Waals surface area contributed by atoms with Crippen molar-refractivity contribution in [2.45, 2.75) is 19.1 Å². The Bertz CT molecular complexity index is 1280. The Balaban J connectivity index is 1.61. The zero-order chi connectivity index (χ0) is 22.9. The minimum Gasteiger partial charge on any atom is -0.384 e. The number of carbonyl (C=O) groups is 1. The zero-order valence-corrected chi connectivity index (χ0v) is 17.1. The van der Waals surface area contributed by atoms with E-state index in [1.165, 1.54) is 12.1 Å². The Labute approximate surface area is 182 Å². The summed E-state index contributed by atoms with van der Waals surface area (Å²) in [6.07, 6.45) is -4.38. The van der Waals surface area contributed by atoms with Crippen LogP contribution in [0.5, 0.6) is 0 Å². The highest BCUT2D eigenvalue weighted by atomic mass is 19.4. The molecule has 0 aliphatic heterocycles. The maximum atomic E-state index is 12.9. The number of amides is 1. The molecule has 0 fully saturated rings. The molecular formula is C25H20F3N3O. The van der Waals surface area contributed by atoms with E-state index in [2.05, 4.69) is 10.3 Å². The lowest BCUT2D eigenvalue weighted by Crippen LogP contribution is -2.27. The van der Waals surface area contributed by atoms with Crippen LogP contribution in [0.2, 0.25) is 0 Å². The fourth-order valence-electron chi connectivity index (χ4n) is 3.58. The number of nitrogens with zero attached hydrogens (tertiary/aromatic N) is 1. The van der Waals surface area contributed by atoms with Gasteiger partial charge in [-0.3, -0.25) is 4.79 Å². The van der Waals surface area contributed by atoms with Crippen LogP contribution in [-0.2, 0) is 6.18 Å². The molecule has 3 aromatic carbocycles. The first kappa shape index (κ1) is 21.4. The summed E-state index contributed by atoms with van der Waals surface area (Å²) in [6.45, 7) is 1.82. The third-order valence-electron chi connectivity index (χ3n) is 5.25. The molecule has 0 saturated heterocycles. The molecule has 7 heteroatoms. The number of pyridine rings is 1. The minimum atomic E-state index is -4.38. The average Bonchev–Trinajstić information content (AvgIpc) is 2.77. The predicted octanol–water partition coefficient (Wildman–Crippen LogP) is 5.99. The number of carbonyl (C=O) groups excluding carboxylic acids is 1. The van der Waals surface area contributed by atoms with Crippen LogP contribution in [0.4, 0.5) is 19.0 Å². The third kappa shape index (κ3) is 4.42. The number of halogens is 3. The van der Waals surface area contributed by atoms with Gasteiger partial charge >= 0.3 is 6.18 Å². The second kappa shape index (κ2) is 8.34. The van der Waals surface area contributed by atoms with Crippen LogP contribution in [0.3, 0.4) is 0 Å². The molecule has 0 aliphatic rings. The molecule has 32 heavy (non-hydrogen) atoms. The lowest BCUT2D eigenvalue weighted by atomic mass is 9.96. The van der Waals surface area contributed by atoms with Crippen molar-refractivity contribution in [3.05, 3.63) is 95.7 Å². The van der Waals surface area contributed by atoms with E-state index < -0.39 is 11.7 Å². The molecule has 1 heterocycles. The highest BCUT2D eigenvalue weighted by Gasteiger charge is 2.30. The molecule has 0 spiro atoms. The Morgan fingerprint density at radius 1 is 0.969 bits per heavy atom. The van der Waals surface area contributed by atoms with Crippen LogP contribution in [0, 0.1) is 0 Å². The molecular weight excluding hydrogens is 415 g/mol. The number of aromatic nitrogens is 1. The molecule has 1 aromatic heterocycles. The van der Waals surface area contributed by atoms with Gasteiger partial charge in [0.25, 0.3) is 5.91 Å². The molecule has 3 N–H and O–H groups in total. The standard InChI is InChI=1S/C25H20F3N3O/c1-15(22-6-3-7-23(29)31-22)30-24(32)18-10-13-21-17(14-18)4-2-5-20(21)16-8-11-19(12-9-16)25(26,27)28/h2-15H,1H3,(H2,29,31)(H,30,32)/t15-/m1/s1. The molecule has 1 atom stereocenters. The third-order valence-corrected chi connectivity index (χ3v) is 5.25. The van der Waals surface area contributed by atoms with E-state index in [-0.39, 0.29) is 11.9 Å². The lowest BCUT2D eigenvalue weighted by Gasteiger charge is -2.15. The van der Waals surface area contributed by atoms with Crippen molar-refractivity contribution in [3.63, 3.8) is 0 Å². The van der Waals surface area contributed by atoms with E-state index in [0.717, 1.165) is 28.5 Å². The van der Waals surface area contributed by atoms with E-state index in [1.54, 1.807) is 36.4 Å². The number of rotatable bonds is 4. The number of anilines is 1. The summed E-state index contributed by atoms with van der Waals surface area (Å²) >= 11 is 0. The van der Waals surface area contributed by atoms with Crippen molar-refractivity contribution in [3.8, 4) is 11.1 Å². The second-order valence-corrected chi connectivity index (χ2v) is 7.50. The predicted molar refractivity (Wildman–Crippen MR) is 119 cm³/mol. The molecule has 1 amide bonds. The fourth-order valence-corrected chi connectivity index (χ4v) is 3.58. The Hall–Kier alpha value is -3.87. The maximum Gasteiger partial charge on any atom is 0.416 e. The Morgan fingerprint density at radius 3 is 2.38 bits per heavy atom. The van der Waals surface area contributed by atoms with Gasteiger partial charge in [-0.1, -0.05) is 42.5 Å². The van der Waals surface area contributed by atoms with E-state index >= 15 is 0 Å². The molecule has 162 valence electrons. The van der Waals surface area contributed by atoms with Crippen molar-refractivity contribution in [2.24, 2.45) is 0 Å². The van der Waals surface area contributed by atoms with Crippen molar-refractivity contribution in [2.75, 3.05) is 5.73 Å². The van der Waals surface area contributed by atoms with Crippen LogP contribution in [0.25, 0.3) is 21.9 Å². The first-order chi connectivity index (χ1) is 15.2. The van der Waals surface area contributed by atoms with Crippen LogP contribution >= 0.6 is 0 Å². The lowest BCUT2D eigenvalue weighted by molar-refractivity contribution is -0.137. The topological polar surface area (TPSA) is 68.0 Å². The van der Waals surface area contributed by atoms with Gasteiger partial charge in [0, 0.05) is 5.56 Å². The SMILES string of the molecule is C[C@@H](NC(=O)c1ccc2c(-c3ccc(C(F)(F)F)cc3)cccc2c1)c1cccc(N)n1. The molecule has 4 nitrogen and oxygen atoms in total. The van der Waals surface area contributed by atoms with Crippen LogP contribution in [-0.4, -0.2) is 10.9 Å². The average molecular weight is 435 g/mol. The first-order valence-electron chi connectivity index (χ1n) is 9.96. The molecule has 0 radical (unpaired) electrons. The van der Waals surface area contributed by atoms with Crippen LogP contribution < -0.4 is 11.1 Å². The normalized spacial score (nSPS) is 12.5. The van der Waals surface area contributed by atoms with Gasteiger partial charge in [0.15, 0.2) is 0 Å². The van der Waals surface area contributed by atoms with Gasteiger partial charge in [-0.15, -0.1) is 0 Å². The molecule has 0 aliphatic carbocycles. The number of benzene rings is 3. The summed E-state index contributed by atoms with van der Waals surface area (Å²) in [6, 6.07) is 20.8. The van der Waals surface area contributed by atoms with Crippen molar-refractivity contribution in [1.82, 2.24) is 10.3 Å². The fraction of sp³-hybridized carbons (Fsp3) is 0.120. The van der Waals surface area contributed by atoms with E-state index in [1.807, 2.05) is 25.1 Å². The number of nitrogens with one attached hydrogen (secondary N) is 1. The maximum absolute atomic E-state index is 12.9. The van der Waals surface area contributed by atoms with Gasteiger partial charge in [-0.05, 0) is 65.2 Å². The van der Waals surface area contributed by atoms with Gasteiger partial charge in [-0.2, -0.15) is 13.2 Å². The molecule has 4 aromatic rings. The van der Waals surface area contributed by atoms with Gasteiger partial charge in [0.1, 0.15) is 5.82 Å². The number of fused-ring (bicyclic) bond motifs is 1. The summed E-state index contributed by atoms with van der Waals surface area (Å²) < 4.78 is 38.6. The monoisotopic (exact) mass is 435 g/mol. The summed E-state index contributed by atoms with van der Waals surface area (Å²) in [7, 11) is 0. The number of alkyl halides is 3. The van der Waals surface area contributed by atoms with Crippen molar-refractivity contribution in [1.29, 1.82) is 0 Å². The van der Waals surface area contributed by atoms with Crippen LogP contribution in [0.1, 0.15) is 34.6 Å². The van der Waals surface area contributed by atoms with Gasteiger partial charge in [0.2, 0.25) is 0 Å². The smallest absolute Gasteiger partial charge is 0.384 e. The number of hydrogen-bond donors (Lipinski definition) is 2. The molecule has 0 unspecified atom stereocenters. The van der Waals surface area contributed by atoms with Crippen molar-refractivity contribution >= 4 is 22.5 Å². The Morgan fingerprint density at radius 2 is 1.69 bits per heavy atom. The summed E-state index contributed by atoms with van der Waals surface area (Å²) in [5, 5.41) is 4.56.